The first-order valence-electron chi connectivity index (χ1n) is 9.34. The quantitative estimate of drug-likeness (QED) is 0.486. The highest BCUT2D eigenvalue weighted by Gasteiger charge is 2.20. The van der Waals surface area contributed by atoms with E-state index < -0.39 is 0 Å². The molecule has 0 radical (unpaired) electrons. The van der Waals surface area contributed by atoms with E-state index in [1.54, 1.807) is 48.9 Å². The van der Waals surface area contributed by atoms with Crippen molar-refractivity contribution >= 4 is 28.8 Å². The number of aromatic nitrogens is 2. The van der Waals surface area contributed by atoms with E-state index in [1.165, 1.54) is 11.3 Å². The van der Waals surface area contributed by atoms with Gasteiger partial charge in [-0.3, -0.25) is 14.2 Å². The number of anilines is 1. The second kappa shape index (κ2) is 8.38. The predicted octanol–water partition coefficient (Wildman–Crippen LogP) is 4.33. The molecule has 0 fully saturated rings. The monoisotopic (exact) mass is 420 g/mol. The molecule has 1 aromatic carbocycles. The highest BCUT2D eigenvalue weighted by molar-refractivity contribution is 7.12. The molecule has 0 saturated heterocycles. The number of carbonyl (C=O) groups excluding carboxylic acids is 2. The number of para-hydroxylation sites is 1. The van der Waals surface area contributed by atoms with E-state index in [2.05, 4.69) is 15.6 Å². The molecule has 3 heterocycles. The number of nitrogens with zero attached hydrogens (tertiary/aromatic N) is 2. The zero-order valence-corrected chi connectivity index (χ0v) is 17.3. The van der Waals surface area contributed by atoms with Crippen LogP contribution in [0.25, 0.3) is 5.13 Å². The van der Waals surface area contributed by atoms with Crippen molar-refractivity contribution in [1.29, 1.82) is 0 Å². The SMILES string of the molecule is Cc1cc(C(=O)Nc2ccccc2C(=O)NCc2ccco2)c(C)n1-c1nccs1. The number of furan rings is 1. The van der Waals surface area contributed by atoms with Gasteiger partial charge in [0.1, 0.15) is 5.76 Å². The van der Waals surface area contributed by atoms with Gasteiger partial charge < -0.3 is 15.1 Å². The fourth-order valence-electron chi connectivity index (χ4n) is 3.27. The van der Waals surface area contributed by atoms with Crippen molar-refractivity contribution in [2.45, 2.75) is 20.4 Å². The van der Waals surface area contributed by atoms with Gasteiger partial charge in [0.05, 0.1) is 29.6 Å². The van der Waals surface area contributed by atoms with Gasteiger partial charge >= 0.3 is 0 Å². The van der Waals surface area contributed by atoms with Gasteiger partial charge in [0.25, 0.3) is 11.8 Å². The van der Waals surface area contributed by atoms with Gasteiger partial charge in [-0.15, -0.1) is 11.3 Å². The summed E-state index contributed by atoms with van der Waals surface area (Å²) in [6.07, 6.45) is 3.29. The summed E-state index contributed by atoms with van der Waals surface area (Å²) in [5.41, 5.74) is 3.06. The third kappa shape index (κ3) is 3.90. The van der Waals surface area contributed by atoms with Crippen LogP contribution in [0.5, 0.6) is 0 Å². The second-order valence-corrected chi connectivity index (χ2v) is 7.57. The Balaban J connectivity index is 1.54. The summed E-state index contributed by atoms with van der Waals surface area (Å²) in [5.74, 6) is 0.0761. The summed E-state index contributed by atoms with van der Waals surface area (Å²) in [4.78, 5) is 30.0. The average Bonchev–Trinajstić information content (AvgIpc) is 3.49. The van der Waals surface area contributed by atoms with Crippen LogP contribution in [0, 0.1) is 13.8 Å². The molecular formula is C22H20N4O3S. The average molecular weight is 420 g/mol. The Bertz CT molecular complexity index is 1180. The van der Waals surface area contributed by atoms with E-state index in [-0.39, 0.29) is 18.4 Å². The van der Waals surface area contributed by atoms with Crippen LogP contribution < -0.4 is 10.6 Å². The zero-order valence-electron chi connectivity index (χ0n) is 16.5. The number of amides is 2. The number of nitrogens with one attached hydrogen (secondary N) is 2. The third-order valence-electron chi connectivity index (χ3n) is 4.71. The summed E-state index contributed by atoms with van der Waals surface area (Å²) >= 11 is 1.50. The molecule has 0 atom stereocenters. The van der Waals surface area contributed by atoms with Crippen molar-refractivity contribution in [2.75, 3.05) is 5.32 Å². The predicted molar refractivity (Wildman–Crippen MR) is 115 cm³/mol. The van der Waals surface area contributed by atoms with Gasteiger partial charge in [-0.05, 0) is 44.2 Å². The van der Waals surface area contributed by atoms with Crippen molar-refractivity contribution < 1.29 is 14.0 Å². The van der Waals surface area contributed by atoms with Gasteiger partial charge in [0, 0.05) is 23.0 Å². The Hall–Kier alpha value is -3.65. The zero-order chi connectivity index (χ0) is 21.1. The molecule has 8 heteroatoms. The number of aryl methyl sites for hydroxylation is 1. The molecule has 7 nitrogen and oxygen atoms in total. The molecule has 0 aliphatic heterocycles. The van der Waals surface area contributed by atoms with Crippen LogP contribution in [0.4, 0.5) is 5.69 Å². The standard InChI is InChI=1S/C22H20N4O3S/c1-14-12-18(15(2)26(14)22-23-9-11-30-22)21(28)25-19-8-4-3-7-17(19)20(27)24-13-16-6-5-10-29-16/h3-12H,13H2,1-2H3,(H,24,27)(H,25,28). The normalized spacial score (nSPS) is 10.7. The summed E-state index contributed by atoms with van der Waals surface area (Å²) in [6, 6.07) is 12.3. The lowest BCUT2D eigenvalue weighted by atomic mass is 10.1. The van der Waals surface area contributed by atoms with Crippen molar-refractivity contribution in [3.8, 4) is 5.13 Å². The lowest BCUT2D eigenvalue weighted by Gasteiger charge is -2.11. The van der Waals surface area contributed by atoms with Gasteiger partial charge in [-0.25, -0.2) is 4.98 Å². The summed E-state index contributed by atoms with van der Waals surface area (Å²) in [5, 5.41) is 8.38. The first-order valence-corrected chi connectivity index (χ1v) is 10.2. The first kappa shape index (κ1) is 19.7. The third-order valence-corrected chi connectivity index (χ3v) is 5.47. The number of hydrogen-bond donors (Lipinski definition) is 2. The van der Waals surface area contributed by atoms with Gasteiger partial charge in [0.2, 0.25) is 0 Å². The molecular weight excluding hydrogens is 400 g/mol. The molecule has 0 unspecified atom stereocenters. The van der Waals surface area contributed by atoms with E-state index in [0.717, 1.165) is 16.5 Å². The van der Waals surface area contributed by atoms with Crippen LogP contribution in [0.2, 0.25) is 0 Å². The molecule has 152 valence electrons. The Labute approximate surface area is 177 Å². The maximum absolute atomic E-state index is 13.0. The largest absolute Gasteiger partial charge is 0.467 e. The minimum Gasteiger partial charge on any atom is -0.467 e. The maximum atomic E-state index is 13.0. The molecule has 30 heavy (non-hydrogen) atoms. The van der Waals surface area contributed by atoms with Crippen LogP contribution in [0.15, 0.2) is 64.7 Å². The summed E-state index contributed by atoms with van der Waals surface area (Å²) in [6.45, 7) is 4.08. The van der Waals surface area contributed by atoms with Crippen LogP contribution >= 0.6 is 11.3 Å². The highest BCUT2D eigenvalue weighted by Crippen LogP contribution is 2.24. The van der Waals surface area contributed by atoms with E-state index in [0.29, 0.717) is 22.6 Å². The van der Waals surface area contributed by atoms with Gasteiger partial charge in [-0.2, -0.15) is 0 Å². The Morgan fingerprint density at radius 2 is 1.93 bits per heavy atom. The fraction of sp³-hybridized carbons (Fsp3) is 0.136. The van der Waals surface area contributed by atoms with E-state index >= 15 is 0 Å². The number of hydrogen-bond acceptors (Lipinski definition) is 5. The number of benzene rings is 1. The molecule has 0 spiro atoms. The van der Waals surface area contributed by atoms with Gasteiger partial charge in [-0.1, -0.05) is 12.1 Å². The number of rotatable bonds is 6. The number of carbonyl (C=O) groups is 2. The molecule has 2 N–H and O–H groups in total. The molecule has 0 aliphatic rings. The van der Waals surface area contributed by atoms with E-state index in [4.69, 9.17) is 4.42 Å². The minimum absolute atomic E-state index is 0.267. The van der Waals surface area contributed by atoms with E-state index in [1.807, 2.05) is 29.9 Å². The van der Waals surface area contributed by atoms with Crippen molar-refractivity contribution in [1.82, 2.24) is 14.9 Å². The summed E-state index contributed by atoms with van der Waals surface area (Å²) in [7, 11) is 0. The fourth-order valence-corrected chi connectivity index (χ4v) is 4.02. The van der Waals surface area contributed by atoms with Gasteiger partial charge in [0.15, 0.2) is 5.13 Å². The minimum atomic E-state index is -0.296. The molecule has 0 aliphatic carbocycles. The molecule has 0 saturated carbocycles. The molecule has 4 aromatic rings. The lowest BCUT2D eigenvalue weighted by molar-refractivity contribution is 0.0949. The molecule has 2 amide bonds. The molecule has 3 aromatic heterocycles. The molecule has 0 bridgehead atoms. The number of thiazole rings is 1. The topological polar surface area (TPSA) is 89.2 Å². The van der Waals surface area contributed by atoms with Crippen molar-refractivity contribution in [3.63, 3.8) is 0 Å². The first-order chi connectivity index (χ1) is 14.5. The van der Waals surface area contributed by atoms with Crippen molar-refractivity contribution in [3.05, 3.63) is 88.6 Å². The van der Waals surface area contributed by atoms with E-state index in [9.17, 15) is 9.59 Å². The maximum Gasteiger partial charge on any atom is 0.257 e. The Morgan fingerprint density at radius 1 is 1.10 bits per heavy atom. The Morgan fingerprint density at radius 3 is 2.67 bits per heavy atom. The smallest absolute Gasteiger partial charge is 0.257 e. The lowest BCUT2D eigenvalue weighted by Crippen LogP contribution is -2.24. The van der Waals surface area contributed by atoms with Crippen LogP contribution in [-0.2, 0) is 6.54 Å². The molecule has 4 rings (SSSR count). The summed E-state index contributed by atoms with van der Waals surface area (Å²) < 4.78 is 7.18. The Kier molecular flexibility index (Phi) is 5.49. The van der Waals surface area contributed by atoms with Crippen molar-refractivity contribution in [2.24, 2.45) is 0 Å². The second-order valence-electron chi connectivity index (χ2n) is 6.70. The van der Waals surface area contributed by atoms with Crippen LogP contribution in [0.3, 0.4) is 0 Å². The van der Waals surface area contributed by atoms with Crippen LogP contribution in [0.1, 0.15) is 37.9 Å². The highest BCUT2D eigenvalue weighted by atomic mass is 32.1. The van der Waals surface area contributed by atoms with Crippen LogP contribution in [-0.4, -0.2) is 21.4 Å².